The highest BCUT2D eigenvalue weighted by atomic mass is 35.5. The largest absolute Gasteiger partial charge is 0.369 e. The van der Waals surface area contributed by atoms with Crippen molar-refractivity contribution in [2.24, 2.45) is 23.5 Å². The third kappa shape index (κ3) is 5.36. The molecule has 3 aliphatic carbocycles. The van der Waals surface area contributed by atoms with E-state index in [1.165, 1.54) is 43.4 Å². The Balaban J connectivity index is 1.04. The van der Waals surface area contributed by atoms with Gasteiger partial charge in [0.05, 0.1) is 20.5 Å². The monoisotopic (exact) mass is 605 g/mol. The summed E-state index contributed by atoms with van der Waals surface area (Å²) in [5, 5.41) is 6.81. The van der Waals surface area contributed by atoms with Crippen LogP contribution in [0.15, 0.2) is 42.5 Å². The number of rotatable bonds is 7. The van der Waals surface area contributed by atoms with E-state index in [0.717, 1.165) is 48.5 Å². The second-order valence-electron chi connectivity index (χ2n) is 12.0. The van der Waals surface area contributed by atoms with Crippen LogP contribution in [-0.2, 0) is 4.79 Å². The molecule has 4 N–H and O–H groups in total. The van der Waals surface area contributed by atoms with Gasteiger partial charge >= 0.3 is 0 Å². The van der Waals surface area contributed by atoms with Gasteiger partial charge in [0, 0.05) is 49.5 Å². The summed E-state index contributed by atoms with van der Waals surface area (Å²) in [6.45, 7) is 3.46. The number of primary amides is 1. The summed E-state index contributed by atoms with van der Waals surface area (Å²) in [5.74, 6) is 0.932. The van der Waals surface area contributed by atoms with Crippen LogP contribution < -0.4 is 16.4 Å². The van der Waals surface area contributed by atoms with Gasteiger partial charge in [-0.2, -0.15) is 4.98 Å². The normalized spacial score (nSPS) is 26.2. The Hall–Kier alpha value is -3.21. The number of fused-ring (bicyclic) bond motifs is 3. The van der Waals surface area contributed by atoms with Crippen molar-refractivity contribution in [3.8, 4) is 0 Å². The van der Waals surface area contributed by atoms with E-state index in [1.807, 2.05) is 35.2 Å². The lowest BCUT2D eigenvalue weighted by Crippen LogP contribution is -2.52. The lowest BCUT2D eigenvalue weighted by Gasteiger charge is -2.40. The number of aromatic nitrogens is 2. The summed E-state index contributed by atoms with van der Waals surface area (Å²) in [7, 11) is 0. The van der Waals surface area contributed by atoms with Crippen molar-refractivity contribution in [1.82, 2.24) is 19.8 Å². The highest BCUT2D eigenvalue weighted by Gasteiger charge is 2.47. The van der Waals surface area contributed by atoms with Crippen LogP contribution >= 0.6 is 22.9 Å². The summed E-state index contributed by atoms with van der Waals surface area (Å²) < 4.78 is 1.45. The maximum Gasteiger partial charge on any atom is 0.253 e. The molecule has 9 nitrogen and oxygen atoms in total. The third-order valence-electron chi connectivity index (χ3n) is 9.51. The zero-order chi connectivity index (χ0) is 28.8. The quantitative estimate of drug-likeness (QED) is 0.314. The molecule has 1 saturated heterocycles. The highest BCUT2D eigenvalue weighted by molar-refractivity contribution is 7.23. The number of benzene rings is 1. The first-order valence-corrected chi connectivity index (χ1v) is 16.2. The minimum absolute atomic E-state index is 0.0748. The van der Waals surface area contributed by atoms with Crippen molar-refractivity contribution in [2.45, 2.75) is 50.6 Å². The number of nitrogens with one attached hydrogen (secondary N) is 2. The summed E-state index contributed by atoms with van der Waals surface area (Å²) >= 11 is 7.77. The summed E-state index contributed by atoms with van der Waals surface area (Å²) in [6, 6.07) is 9.87. The lowest BCUT2D eigenvalue weighted by atomic mass is 9.88. The van der Waals surface area contributed by atoms with Crippen LogP contribution in [-0.4, -0.2) is 69.8 Å². The molecule has 2 amide bonds. The molecule has 2 saturated carbocycles. The number of halogens is 1. The Morgan fingerprint density at radius 1 is 0.976 bits per heavy atom. The van der Waals surface area contributed by atoms with Crippen molar-refractivity contribution < 1.29 is 9.59 Å². The number of allylic oxidation sites excluding steroid dienone is 1. The van der Waals surface area contributed by atoms with Crippen LogP contribution in [0.3, 0.4) is 0 Å². The molecule has 0 spiro atoms. The number of hydrogen-bond donors (Lipinski definition) is 3. The van der Waals surface area contributed by atoms with Gasteiger partial charge in [0.1, 0.15) is 5.82 Å². The molecule has 1 aliphatic heterocycles. The Morgan fingerprint density at radius 3 is 2.45 bits per heavy atom. The molecular weight excluding hydrogens is 570 g/mol. The molecule has 42 heavy (non-hydrogen) atoms. The molecule has 220 valence electrons. The van der Waals surface area contributed by atoms with Gasteiger partial charge in [0.25, 0.3) is 5.91 Å². The van der Waals surface area contributed by atoms with Gasteiger partial charge in [-0.15, -0.1) is 11.3 Å². The first kappa shape index (κ1) is 27.6. The second kappa shape index (κ2) is 11.5. The van der Waals surface area contributed by atoms with E-state index >= 15 is 0 Å². The molecule has 11 heteroatoms. The first-order valence-electron chi connectivity index (χ1n) is 15.0. The highest BCUT2D eigenvalue weighted by Crippen LogP contribution is 2.46. The van der Waals surface area contributed by atoms with Gasteiger partial charge in [0.15, 0.2) is 0 Å². The molecule has 7 rings (SSSR count). The van der Waals surface area contributed by atoms with Gasteiger partial charge in [-0.1, -0.05) is 43.0 Å². The molecule has 3 heterocycles. The van der Waals surface area contributed by atoms with E-state index in [-0.39, 0.29) is 35.6 Å². The van der Waals surface area contributed by atoms with Crippen molar-refractivity contribution in [3.63, 3.8) is 0 Å². The molecule has 3 aromatic rings. The molecular formula is C31H36ClN7O2S. The van der Waals surface area contributed by atoms with Crippen LogP contribution in [0.2, 0.25) is 4.34 Å². The molecule has 2 bridgehead atoms. The number of anilines is 3. The predicted octanol–water partition coefficient (Wildman–Crippen LogP) is 5.27. The van der Waals surface area contributed by atoms with Crippen LogP contribution in [0.1, 0.15) is 48.9 Å². The maximum absolute atomic E-state index is 13.2. The number of nitrogens with zero attached hydrogens (tertiary/aromatic N) is 4. The Morgan fingerprint density at radius 2 is 1.71 bits per heavy atom. The fourth-order valence-electron chi connectivity index (χ4n) is 7.36. The summed E-state index contributed by atoms with van der Waals surface area (Å²) in [6.07, 6.45) is 11.8. The zero-order valence-corrected chi connectivity index (χ0v) is 25.0. The van der Waals surface area contributed by atoms with E-state index < -0.39 is 0 Å². The number of amides is 2. The van der Waals surface area contributed by atoms with E-state index in [2.05, 4.69) is 32.7 Å². The van der Waals surface area contributed by atoms with Crippen LogP contribution in [0.25, 0.3) is 10.2 Å². The van der Waals surface area contributed by atoms with Crippen LogP contribution in [0.5, 0.6) is 0 Å². The molecule has 3 fully saturated rings. The number of carbonyl (C=O) groups excluding carboxylic acids is 2. The number of piperazine rings is 1. The van der Waals surface area contributed by atoms with E-state index in [1.54, 1.807) is 0 Å². The Kier molecular flexibility index (Phi) is 7.54. The SMILES string of the molecule is NC(=O)[C@H]1C2C=CC(C2)[C@H]1Nc1nc(Nc2ccc(C(=O)N3CCN(C4CCCCC4)CC3)cc2)nc2cc(Cl)sc12. The van der Waals surface area contributed by atoms with Gasteiger partial charge in [-0.05, 0) is 61.4 Å². The Labute approximate surface area is 254 Å². The lowest BCUT2D eigenvalue weighted by molar-refractivity contribution is -0.122. The van der Waals surface area contributed by atoms with E-state index in [4.69, 9.17) is 22.3 Å². The smallest absolute Gasteiger partial charge is 0.253 e. The molecule has 1 aromatic carbocycles. The third-order valence-corrected chi connectivity index (χ3v) is 10.8. The van der Waals surface area contributed by atoms with Crippen molar-refractivity contribution in [2.75, 3.05) is 36.8 Å². The van der Waals surface area contributed by atoms with E-state index in [0.29, 0.717) is 27.7 Å². The molecule has 0 radical (unpaired) electrons. The molecule has 4 aliphatic rings. The van der Waals surface area contributed by atoms with Crippen LogP contribution in [0.4, 0.5) is 17.5 Å². The van der Waals surface area contributed by atoms with Gasteiger partial charge < -0.3 is 21.3 Å². The minimum Gasteiger partial charge on any atom is -0.369 e. The zero-order valence-electron chi connectivity index (χ0n) is 23.5. The summed E-state index contributed by atoms with van der Waals surface area (Å²) in [4.78, 5) is 39.6. The number of nitrogens with two attached hydrogens (primary N) is 1. The average Bonchev–Trinajstić information content (AvgIpc) is 3.72. The Bertz CT molecular complexity index is 1510. The second-order valence-corrected chi connectivity index (χ2v) is 13.7. The van der Waals surface area contributed by atoms with Gasteiger partial charge in [0.2, 0.25) is 11.9 Å². The number of carbonyl (C=O) groups is 2. The molecule has 2 unspecified atom stereocenters. The van der Waals surface area contributed by atoms with Gasteiger partial charge in [-0.25, -0.2) is 4.98 Å². The number of hydrogen-bond acceptors (Lipinski definition) is 8. The fourth-order valence-corrected chi connectivity index (χ4v) is 8.47. The number of thiophene rings is 1. The first-order chi connectivity index (χ1) is 20.4. The summed E-state index contributed by atoms with van der Waals surface area (Å²) in [5.41, 5.74) is 7.96. The van der Waals surface area contributed by atoms with E-state index in [9.17, 15) is 9.59 Å². The maximum atomic E-state index is 13.2. The topological polar surface area (TPSA) is 116 Å². The standard InChI is InChI=1S/C31H36ClN7O2S/c32-24-17-23-27(42-24)29(36-26-20-7-6-19(16-20)25(26)28(33)40)37-31(35-23)34-21-10-8-18(9-11-21)30(41)39-14-12-38(13-15-39)22-4-2-1-3-5-22/h6-11,17,19-20,22,25-26H,1-5,12-16H2,(H2,33,40)(H2,34,35,36,37)/t19?,20?,25-,26+/m0/s1. The van der Waals surface area contributed by atoms with Crippen molar-refractivity contribution in [3.05, 3.63) is 52.4 Å². The fraction of sp³-hybridized carbons (Fsp3) is 0.484. The van der Waals surface area contributed by atoms with Gasteiger partial charge in [-0.3, -0.25) is 14.5 Å². The molecule has 4 atom stereocenters. The minimum atomic E-state index is -0.294. The van der Waals surface area contributed by atoms with Crippen molar-refractivity contribution in [1.29, 1.82) is 0 Å². The van der Waals surface area contributed by atoms with Crippen molar-refractivity contribution >= 4 is 62.4 Å². The molecule has 2 aromatic heterocycles. The predicted molar refractivity (Wildman–Crippen MR) is 167 cm³/mol. The average molecular weight is 606 g/mol. The van der Waals surface area contributed by atoms with Crippen LogP contribution in [0, 0.1) is 17.8 Å².